The normalized spacial score (nSPS) is 19.2. The van der Waals surface area contributed by atoms with E-state index in [1.54, 1.807) is 0 Å². The lowest BCUT2D eigenvalue weighted by molar-refractivity contribution is 0.199. The van der Waals surface area contributed by atoms with E-state index in [4.69, 9.17) is 15.6 Å². The van der Waals surface area contributed by atoms with Crippen molar-refractivity contribution in [1.29, 1.82) is 0 Å². The van der Waals surface area contributed by atoms with Crippen molar-refractivity contribution in [2.45, 2.75) is 19.3 Å². The summed E-state index contributed by atoms with van der Waals surface area (Å²) in [4.78, 5) is 0. The lowest BCUT2D eigenvalue weighted by Crippen LogP contribution is -2.22. The molecular weight excluding hydrogens is 202 g/mol. The van der Waals surface area contributed by atoms with Gasteiger partial charge in [0.15, 0.2) is 0 Å². The Morgan fingerprint density at radius 2 is 2.31 bits per heavy atom. The van der Waals surface area contributed by atoms with Crippen LogP contribution in [0.4, 0.5) is 0 Å². The Bertz CT molecular complexity index is 352. The molecule has 2 rings (SSSR count). The van der Waals surface area contributed by atoms with Gasteiger partial charge in [-0.05, 0) is 48.9 Å². The second kappa shape index (κ2) is 5.32. The fraction of sp³-hybridized carbons (Fsp3) is 0.538. The van der Waals surface area contributed by atoms with E-state index in [1.165, 1.54) is 17.5 Å². The van der Waals surface area contributed by atoms with Crippen molar-refractivity contribution in [2.75, 3.05) is 19.8 Å². The van der Waals surface area contributed by atoms with Gasteiger partial charge in [0.25, 0.3) is 0 Å². The molecule has 16 heavy (non-hydrogen) atoms. The third kappa shape index (κ3) is 2.36. The maximum absolute atomic E-state index is 8.78. The number of rotatable bonds is 4. The second-order valence-corrected chi connectivity index (χ2v) is 4.31. The summed E-state index contributed by atoms with van der Waals surface area (Å²) >= 11 is 0. The van der Waals surface area contributed by atoms with E-state index in [0.29, 0.717) is 12.5 Å². The van der Waals surface area contributed by atoms with Crippen LogP contribution in [0.25, 0.3) is 0 Å². The molecule has 0 radical (unpaired) electrons. The number of aryl methyl sites for hydroxylation is 1. The topological polar surface area (TPSA) is 55.5 Å². The first-order chi connectivity index (χ1) is 7.85. The molecule has 0 heterocycles. The summed E-state index contributed by atoms with van der Waals surface area (Å²) in [6.07, 6.45) is 3.27. The van der Waals surface area contributed by atoms with Gasteiger partial charge < -0.3 is 15.6 Å². The van der Waals surface area contributed by atoms with Gasteiger partial charge in [-0.25, -0.2) is 0 Å². The predicted molar refractivity (Wildman–Crippen MR) is 63.6 cm³/mol. The highest BCUT2D eigenvalue weighted by Gasteiger charge is 2.20. The van der Waals surface area contributed by atoms with Crippen molar-refractivity contribution in [1.82, 2.24) is 0 Å². The van der Waals surface area contributed by atoms with E-state index in [2.05, 4.69) is 6.07 Å². The molecular formula is C13H19NO2. The quantitative estimate of drug-likeness (QED) is 0.801. The van der Waals surface area contributed by atoms with Crippen LogP contribution in [0, 0.1) is 5.92 Å². The zero-order valence-electron chi connectivity index (χ0n) is 9.48. The highest BCUT2D eigenvalue weighted by atomic mass is 16.5. The predicted octanol–water partition coefficient (Wildman–Crippen LogP) is 1.12. The van der Waals surface area contributed by atoms with Gasteiger partial charge in [-0.2, -0.15) is 0 Å². The first-order valence-corrected chi connectivity index (χ1v) is 5.89. The van der Waals surface area contributed by atoms with E-state index in [9.17, 15) is 0 Å². The highest BCUT2D eigenvalue weighted by molar-refractivity contribution is 5.42. The van der Waals surface area contributed by atoms with Crippen LogP contribution in [0.1, 0.15) is 17.5 Å². The van der Waals surface area contributed by atoms with E-state index in [-0.39, 0.29) is 6.61 Å². The van der Waals surface area contributed by atoms with Crippen molar-refractivity contribution in [2.24, 2.45) is 11.7 Å². The summed E-state index contributed by atoms with van der Waals surface area (Å²) < 4.78 is 5.56. The number of aliphatic hydroxyl groups is 1. The molecule has 0 fully saturated rings. The summed E-state index contributed by atoms with van der Waals surface area (Å²) in [7, 11) is 0. The number of hydrogen-bond donors (Lipinski definition) is 2. The minimum absolute atomic E-state index is 0.0595. The molecule has 88 valence electrons. The number of fused-ring (bicyclic) bond motifs is 1. The third-order valence-corrected chi connectivity index (χ3v) is 3.23. The molecule has 0 bridgehead atoms. The van der Waals surface area contributed by atoms with Crippen LogP contribution >= 0.6 is 0 Å². The fourth-order valence-corrected chi connectivity index (χ4v) is 2.32. The molecule has 3 N–H and O–H groups in total. The van der Waals surface area contributed by atoms with E-state index in [1.807, 2.05) is 12.1 Å². The molecule has 0 spiro atoms. The van der Waals surface area contributed by atoms with Crippen molar-refractivity contribution in [3.05, 3.63) is 29.3 Å². The van der Waals surface area contributed by atoms with Gasteiger partial charge in [-0.1, -0.05) is 12.1 Å². The molecule has 1 aromatic carbocycles. The van der Waals surface area contributed by atoms with Crippen molar-refractivity contribution >= 4 is 0 Å². The van der Waals surface area contributed by atoms with Gasteiger partial charge in [0.05, 0.1) is 6.61 Å². The van der Waals surface area contributed by atoms with Gasteiger partial charge in [0.1, 0.15) is 12.4 Å². The fourth-order valence-electron chi connectivity index (χ4n) is 2.32. The third-order valence-electron chi connectivity index (χ3n) is 3.23. The number of nitrogens with two attached hydrogens (primary N) is 1. The smallest absolute Gasteiger partial charge is 0.122 e. The Morgan fingerprint density at radius 3 is 3.06 bits per heavy atom. The molecule has 3 heteroatoms. The number of hydrogen-bond acceptors (Lipinski definition) is 3. The standard InChI is InChI=1S/C13H19NO2/c14-9-10-4-5-11-2-1-3-13(12(11)8-10)16-7-6-15/h1-3,10,15H,4-9,14H2. The maximum atomic E-state index is 8.78. The average Bonchev–Trinajstić information content (AvgIpc) is 2.35. The molecule has 1 atom stereocenters. The van der Waals surface area contributed by atoms with Gasteiger partial charge in [-0.15, -0.1) is 0 Å². The van der Waals surface area contributed by atoms with Crippen LogP contribution in [0.5, 0.6) is 5.75 Å². The van der Waals surface area contributed by atoms with Gasteiger partial charge in [0.2, 0.25) is 0 Å². The first-order valence-electron chi connectivity index (χ1n) is 5.89. The Hall–Kier alpha value is -1.06. The first kappa shape index (κ1) is 11.4. The average molecular weight is 221 g/mol. The van der Waals surface area contributed by atoms with E-state index >= 15 is 0 Å². The summed E-state index contributed by atoms with van der Waals surface area (Å²) in [5, 5.41) is 8.78. The van der Waals surface area contributed by atoms with Crippen LogP contribution in [-0.2, 0) is 12.8 Å². The van der Waals surface area contributed by atoms with E-state index in [0.717, 1.165) is 25.1 Å². The van der Waals surface area contributed by atoms with Crippen LogP contribution in [0.3, 0.4) is 0 Å². The Kier molecular flexibility index (Phi) is 3.80. The summed E-state index contributed by atoms with van der Waals surface area (Å²) in [6.45, 7) is 1.17. The van der Waals surface area contributed by atoms with Crippen molar-refractivity contribution in [3.63, 3.8) is 0 Å². The molecule has 0 aliphatic heterocycles. The lowest BCUT2D eigenvalue weighted by atomic mass is 9.83. The number of aliphatic hydroxyl groups excluding tert-OH is 1. The van der Waals surface area contributed by atoms with Crippen molar-refractivity contribution in [3.8, 4) is 5.75 Å². The monoisotopic (exact) mass is 221 g/mol. The summed E-state index contributed by atoms with van der Waals surface area (Å²) in [5.74, 6) is 1.50. The molecule has 1 aliphatic rings. The summed E-state index contributed by atoms with van der Waals surface area (Å²) in [5.41, 5.74) is 8.39. The van der Waals surface area contributed by atoms with Crippen LogP contribution in [0.2, 0.25) is 0 Å². The molecule has 0 saturated heterocycles. The molecule has 1 unspecified atom stereocenters. The Labute approximate surface area is 96.2 Å². The van der Waals surface area contributed by atoms with Crippen molar-refractivity contribution < 1.29 is 9.84 Å². The second-order valence-electron chi connectivity index (χ2n) is 4.31. The van der Waals surface area contributed by atoms with Gasteiger partial charge in [0, 0.05) is 0 Å². The summed E-state index contributed by atoms with van der Waals surface area (Å²) in [6, 6.07) is 6.16. The zero-order valence-corrected chi connectivity index (χ0v) is 9.48. The minimum Gasteiger partial charge on any atom is -0.491 e. The minimum atomic E-state index is 0.0595. The van der Waals surface area contributed by atoms with Crippen LogP contribution < -0.4 is 10.5 Å². The SMILES string of the molecule is NCC1CCc2cccc(OCCO)c2C1. The number of benzene rings is 1. The van der Waals surface area contributed by atoms with E-state index < -0.39 is 0 Å². The van der Waals surface area contributed by atoms with Crippen LogP contribution in [-0.4, -0.2) is 24.9 Å². The zero-order chi connectivity index (χ0) is 11.4. The van der Waals surface area contributed by atoms with Gasteiger partial charge >= 0.3 is 0 Å². The number of ether oxygens (including phenoxy) is 1. The molecule has 1 aromatic rings. The Morgan fingerprint density at radius 1 is 1.44 bits per heavy atom. The molecule has 0 amide bonds. The van der Waals surface area contributed by atoms with Gasteiger partial charge in [-0.3, -0.25) is 0 Å². The molecule has 0 saturated carbocycles. The maximum Gasteiger partial charge on any atom is 0.122 e. The largest absolute Gasteiger partial charge is 0.491 e. The lowest BCUT2D eigenvalue weighted by Gasteiger charge is -2.25. The molecule has 3 nitrogen and oxygen atoms in total. The highest BCUT2D eigenvalue weighted by Crippen LogP contribution is 2.31. The Balaban J connectivity index is 2.20. The van der Waals surface area contributed by atoms with Crippen LogP contribution in [0.15, 0.2) is 18.2 Å². The molecule has 0 aromatic heterocycles. The molecule has 1 aliphatic carbocycles.